The van der Waals surface area contributed by atoms with E-state index in [1.54, 1.807) is 42.7 Å². The van der Waals surface area contributed by atoms with Crippen LogP contribution in [0.25, 0.3) is 16.8 Å². The van der Waals surface area contributed by atoms with Gasteiger partial charge in [-0.1, -0.05) is 36.4 Å². The van der Waals surface area contributed by atoms with Crippen molar-refractivity contribution < 1.29 is 13.2 Å². The van der Waals surface area contributed by atoms with Gasteiger partial charge in [0.15, 0.2) is 14.9 Å². The van der Waals surface area contributed by atoms with Crippen molar-refractivity contribution >= 4 is 21.4 Å². The van der Waals surface area contributed by atoms with E-state index in [9.17, 15) is 22.8 Å². The molecule has 36 heavy (non-hydrogen) atoms. The first-order valence-corrected chi connectivity index (χ1v) is 13.4. The summed E-state index contributed by atoms with van der Waals surface area (Å²) in [5, 5.41) is 2.63. The van der Waals surface area contributed by atoms with Gasteiger partial charge >= 0.3 is 5.69 Å². The van der Waals surface area contributed by atoms with E-state index in [2.05, 4.69) is 10.3 Å². The summed E-state index contributed by atoms with van der Waals surface area (Å²) in [5.74, 6) is -0.295. The highest BCUT2D eigenvalue weighted by Gasteiger charge is 2.32. The number of hydrogen-bond acceptors (Lipinski definition) is 6. The first-order valence-electron chi connectivity index (χ1n) is 11.7. The molecule has 0 aliphatic carbocycles. The number of nitrogens with zero attached hydrogens (tertiary/aromatic N) is 4. The Labute approximate surface area is 206 Å². The van der Waals surface area contributed by atoms with Gasteiger partial charge in [-0.3, -0.25) is 18.7 Å². The highest BCUT2D eigenvalue weighted by atomic mass is 32.2. The predicted octanol–water partition coefficient (Wildman–Crippen LogP) is 1.25. The maximum absolute atomic E-state index is 13.4. The Morgan fingerprint density at radius 1 is 1.06 bits per heavy atom. The summed E-state index contributed by atoms with van der Waals surface area (Å²) in [7, 11) is -3.77. The van der Waals surface area contributed by atoms with Crippen molar-refractivity contribution in [1.29, 1.82) is 0 Å². The normalized spacial score (nSPS) is 14.4. The number of sulfone groups is 1. The van der Waals surface area contributed by atoms with Crippen LogP contribution in [0.1, 0.15) is 18.5 Å². The van der Waals surface area contributed by atoms with E-state index in [1.807, 2.05) is 22.6 Å². The minimum atomic E-state index is -3.77. The Hall–Kier alpha value is -3.99. The number of carbonyl (C=O) groups is 1. The van der Waals surface area contributed by atoms with Gasteiger partial charge in [0, 0.05) is 37.7 Å². The molecule has 3 aromatic heterocycles. The number of fused-ring (bicyclic) bond motifs is 2. The maximum atomic E-state index is 13.4. The predicted molar refractivity (Wildman–Crippen MR) is 134 cm³/mol. The number of rotatable bonds is 7. The summed E-state index contributed by atoms with van der Waals surface area (Å²) in [6.07, 6.45) is 4.25. The minimum absolute atomic E-state index is 0.0207. The molecule has 0 radical (unpaired) electrons. The van der Waals surface area contributed by atoms with Crippen molar-refractivity contribution in [2.75, 3.05) is 12.3 Å². The van der Waals surface area contributed by atoms with Gasteiger partial charge < -0.3 is 9.72 Å². The van der Waals surface area contributed by atoms with E-state index >= 15 is 0 Å². The Balaban J connectivity index is 1.36. The van der Waals surface area contributed by atoms with E-state index < -0.39 is 21.1 Å². The number of pyridine rings is 1. The summed E-state index contributed by atoms with van der Waals surface area (Å²) in [6.45, 7) is 0.532. The summed E-state index contributed by atoms with van der Waals surface area (Å²) in [5.41, 5.74) is 0.737. The minimum Gasteiger partial charge on any atom is -0.356 e. The lowest BCUT2D eigenvalue weighted by Gasteiger charge is -2.23. The maximum Gasteiger partial charge on any atom is 0.332 e. The van der Waals surface area contributed by atoms with Crippen LogP contribution in [0.15, 0.2) is 75.5 Å². The summed E-state index contributed by atoms with van der Waals surface area (Å²) >= 11 is 0. The van der Waals surface area contributed by atoms with Gasteiger partial charge in [-0.05, 0) is 30.5 Å². The molecule has 1 aliphatic rings. The van der Waals surface area contributed by atoms with Gasteiger partial charge in [0.05, 0.1) is 17.7 Å². The lowest BCUT2D eigenvalue weighted by molar-refractivity contribution is -0.120. The standard InChI is InChI=1S/C25H25N5O5S/c31-21(17-19-9-4-10-20-26-12-15-28(19)20)27-11-5-13-29-23(32)22(18-7-2-1-3-8-18)24-30(25(29)33)14-6-16-36(24,34)35/h1-4,7-10,12,15H,5-6,11,13-14,16-17H2,(H,27,31). The SMILES string of the molecule is O=C(Cc1cccc2nccn12)NCCCn1c(=O)c(-c2ccccc2)c2n(c1=O)CCCS2(=O)=O. The van der Waals surface area contributed by atoms with Crippen LogP contribution in [0.4, 0.5) is 0 Å². The van der Waals surface area contributed by atoms with Gasteiger partial charge in [-0.15, -0.1) is 0 Å². The Bertz CT molecular complexity index is 1670. The van der Waals surface area contributed by atoms with Crippen LogP contribution in [-0.2, 0) is 34.1 Å². The molecule has 0 bridgehead atoms. The van der Waals surface area contributed by atoms with Gasteiger partial charge in [-0.2, -0.15) is 0 Å². The van der Waals surface area contributed by atoms with Crippen molar-refractivity contribution in [2.45, 2.75) is 37.4 Å². The number of carbonyl (C=O) groups excluding carboxylic acids is 1. The molecule has 10 nitrogen and oxygen atoms in total. The Kier molecular flexibility index (Phi) is 6.31. The molecule has 0 saturated heterocycles. The molecule has 0 unspecified atom stereocenters. The molecule has 4 aromatic rings. The van der Waals surface area contributed by atoms with Crippen LogP contribution < -0.4 is 16.6 Å². The molecule has 0 fully saturated rings. The molecule has 0 saturated carbocycles. The lowest BCUT2D eigenvalue weighted by atomic mass is 10.1. The van der Waals surface area contributed by atoms with E-state index in [-0.39, 0.29) is 48.3 Å². The number of aromatic nitrogens is 4. The fourth-order valence-electron chi connectivity index (χ4n) is 4.60. The molecule has 0 spiro atoms. The smallest absolute Gasteiger partial charge is 0.332 e. The average Bonchev–Trinajstić information content (AvgIpc) is 3.35. The van der Waals surface area contributed by atoms with E-state index in [0.29, 0.717) is 18.4 Å². The first kappa shape index (κ1) is 23.7. The number of nitrogens with one attached hydrogen (secondary N) is 1. The average molecular weight is 508 g/mol. The number of benzene rings is 1. The summed E-state index contributed by atoms with van der Waals surface area (Å²) < 4.78 is 29.9. The van der Waals surface area contributed by atoms with Crippen molar-refractivity contribution in [1.82, 2.24) is 23.8 Å². The Morgan fingerprint density at radius 3 is 2.67 bits per heavy atom. The molecule has 1 aromatic carbocycles. The monoisotopic (exact) mass is 507 g/mol. The van der Waals surface area contributed by atoms with Crippen molar-refractivity contribution in [2.24, 2.45) is 0 Å². The number of imidazole rings is 1. The molecule has 4 heterocycles. The van der Waals surface area contributed by atoms with E-state index in [1.165, 1.54) is 4.57 Å². The molecule has 11 heteroatoms. The molecular weight excluding hydrogens is 482 g/mol. The first-order chi connectivity index (χ1) is 17.4. The fourth-order valence-corrected chi connectivity index (χ4v) is 6.33. The molecule has 0 atom stereocenters. The molecular formula is C25H25N5O5S. The Morgan fingerprint density at radius 2 is 1.86 bits per heavy atom. The van der Waals surface area contributed by atoms with Crippen LogP contribution in [0.5, 0.6) is 0 Å². The third-order valence-electron chi connectivity index (χ3n) is 6.27. The van der Waals surface area contributed by atoms with Gasteiger partial charge in [-0.25, -0.2) is 18.2 Å². The molecule has 5 rings (SSSR count). The molecule has 1 N–H and O–H groups in total. The van der Waals surface area contributed by atoms with Crippen molar-refractivity contribution in [3.63, 3.8) is 0 Å². The van der Waals surface area contributed by atoms with Gasteiger partial charge in [0.1, 0.15) is 5.65 Å². The molecule has 1 aliphatic heterocycles. The quantitative estimate of drug-likeness (QED) is 0.297. The molecule has 186 valence electrons. The van der Waals surface area contributed by atoms with Crippen LogP contribution in [-0.4, -0.2) is 45.1 Å². The highest BCUT2D eigenvalue weighted by molar-refractivity contribution is 7.91. The van der Waals surface area contributed by atoms with Crippen LogP contribution in [0, 0.1) is 0 Å². The lowest BCUT2D eigenvalue weighted by Crippen LogP contribution is -2.45. The fraction of sp³-hybridized carbons (Fsp3) is 0.280. The van der Waals surface area contributed by atoms with Crippen molar-refractivity contribution in [3.8, 4) is 11.1 Å². The number of hydrogen-bond donors (Lipinski definition) is 1. The highest BCUT2D eigenvalue weighted by Crippen LogP contribution is 2.27. The second-order valence-corrected chi connectivity index (χ2v) is 10.7. The third kappa shape index (κ3) is 4.37. The zero-order valence-corrected chi connectivity index (χ0v) is 20.3. The van der Waals surface area contributed by atoms with E-state index in [0.717, 1.165) is 15.9 Å². The zero-order chi connectivity index (χ0) is 25.3. The van der Waals surface area contributed by atoms with E-state index in [4.69, 9.17) is 0 Å². The van der Waals surface area contributed by atoms with Crippen molar-refractivity contribution in [3.05, 3.63) is 87.5 Å². The third-order valence-corrected chi connectivity index (χ3v) is 8.11. The summed E-state index contributed by atoms with van der Waals surface area (Å²) in [6, 6.07) is 14.1. The topological polar surface area (TPSA) is 125 Å². The second kappa shape index (κ2) is 9.57. The second-order valence-electron chi connectivity index (χ2n) is 8.66. The van der Waals surface area contributed by atoms with Gasteiger partial charge in [0.2, 0.25) is 5.91 Å². The molecule has 1 amide bonds. The summed E-state index contributed by atoms with van der Waals surface area (Å²) in [4.78, 5) is 43.2. The largest absolute Gasteiger partial charge is 0.356 e. The zero-order valence-electron chi connectivity index (χ0n) is 19.5. The number of amides is 1. The van der Waals surface area contributed by atoms with Crippen LogP contribution in [0.3, 0.4) is 0 Å². The van der Waals surface area contributed by atoms with Crippen LogP contribution in [0.2, 0.25) is 0 Å². The van der Waals surface area contributed by atoms with Crippen LogP contribution >= 0.6 is 0 Å². The van der Waals surface area contributed by atoms with Gasteiger partial charge in [0.25, 0.3) is 5.56 Å².